The van der Waals surface area contributed by atoms with Crippen LogP contribution < -0.4 is 10.5 Å². The maximum Gasteiger partial charge on any atom is 0.331 e. The Balaban J connectivity index is 0.00000312. The minimum atomic E-state index is -1.09. The largest absolute Gasteiger partial charge is 0.507 e. The second-order valence-corrected chi connectivity index (χ2v) is 5.18. The van der Waals surface area contributed by atoms with E-state index in [1.54, 1.807) is 36.4 Å². The van der Waals surface area contributed by atoms with Gasteiger partial charge in [0.05, 0.1) is 7.11 Å². The first-order valence-corrected chi connectivity index (χ1v) is 7.11. The van der Waals surface area contributed by atoms with Gasteiger partial charge in [0.15, 0.2) is 0 Å². The van der Waals surface area contributed by atoms with E-state index in [0.29, 0.717) is 28.0 Å². The molecule has 5 N–H and O–H groups in total. The molecule has 0 unspecified atom stereocenters. The highest BCUT2D eigenvalue weighted by molar-refractivity contribution is 6.02. The molecule has 25 heavy (non-hydrogen) atoms. The van der Waals surface area contributed by atoms with E-state index in [2.05, 4.69) is 0 Å². The maximum absolute atomic E-state index is 11.5. The number of nitrogens with one attached hydrogen (secondary N) is 1. The first kappa shape index (κ1) is 20.1. The summed E-state index contributed by atoms with van der Waals surface area (Å²) in [4.78, 5) is 11.5. The molecule has 0 amide bonds. The van der Waals surface area contributed by atoms with Gasteiger partial charge >= 0.3 is 5.97 Å². The average molecular weight is 363 g/mol. The fraction of sp³-hybridized carbons (Fsp3) is 0.111. The summed E-state index contributed by atoms with van der Waals surface area (Å²) in [6.45, 7) is 1.47. The topological polar surface area (TPSA) is 117 Å². The van der Waals surface area contributed by atoms with Gasteiger partial charge in [-0.25, -0.2) is 4.79 Å². The third-order valence-corrected chi connectivity index (χ3v) is 3.65. The van der Waals surface area contributed by atoms with Gasteiger partial charge in [0.2, 0.25) is 0 Å². The van der Waals surface area contributed by atoms with Crippen LogP contribution in [0.1, 0.15) is 23.6 Å². The van der Waals surface area contributed by atoms with E-state index in [1.807, 2.05) is 0 Å². The monoisotopic (exact) mass is 362 g/mol. The summed E-state index contributed by atoms with van der Waals surface area (Å²) in [6, 6.07) is 11.3. The van der Waals surface area contributed by atoms with Crippen molar-refractivity contribution in [3.05, 3.63) is 64.7 Å². The van der Waals surface area contributed by atoms with Crippen LogP contribution in [0, 0.1) is 5.41 Å². The molecule has 0 fully saturated rings. The van der Waals surface area contributed by atoms with Gasteiger partial charge in [-0.05, 0) is 24.6 Å². The SMILES string of the molecule is COc1ccc(/C(=C(\C)C(=O)O)c2ccc(C(=N)N)cc2)c(O)c1.Cl. The second-order valence-electron chi connectivity index (χ2n) is 5.18. The molecule has 2 aromatic carbocycles. The minimum absolute atomic E-state index is 0. The number of benzene rings is 2. The Morgan fingerprint density at radius 3 is 2.12 bits per heavy atom. The van der Waals surface area contributed by atoms with Gasteiger partial charge in [-0.3, -0.25) is 5.41 Å². The van der Waals surface area contributed by atoms with Gasteiger partial charge < -0.3 is 20.7 Å². The second kappa shape index (κ2) is 8.21. The first-order valence-electron chi connectivity index (χ1n) is 7.11. The van der Waals surface area contributed by atoms with E-state index in [4.69, 9.17) is 15.9 Å². The number of nitrogens with two attached hydrogens (primary N) is 1. The molecule has 0 heterocycles. The summed E-state index contributed by atoms with van der Waals surface area (Å²) >= 11 is 0. The van der Waals surface area contributed by atoms with Crippen LogP contribution in [0.5, 0.6) is 11.5 Å². The molecule has 0 atom stereocenters. The summed E-state index contributed by atoms with van der Waals surface area (Å²) in [6.07, 6.45) is 0. The normalized spacial score (nSPS) is 11.1. The average Bonchev–Trinajstić information content (AvgIpc) is 2.56. The number of ether oxygens (including phenoxy) is 1. The van der Waals surface area contributed by atoms with Crippen LogP contribution in [0.15, 0.2) is 48.0 Å². The Labute approximate surface area is 151 Å². The van der Waals surface area contributed by atoms with E-state index in [9.17, 15) is 15.0 Å². The zero-order valence-corrected chi connectivity index (χ0v) is 14.6. The molecular weight excluding hydrogens is 344 g/mol. The molecule has 2 aromatic rings. The van der Waals surface area contributed by atoms with Crippen LogP contribution in [0.3, 0.4) is 0 Å². The number of phenolic OH excluding ortho intramolecular Hbond substituents is 1. The van der Waals surface area contributed by atoms with Crippen molar-refractivity contribution < 1.29 is 19.7 Å². The molecule has 0 radical (unpaired) electrons. The number of rotatable bonds is 5. The summed E-state index contributed by atoms with van der Waals surface area (Å²) in [5.74, 6) is -0.777. The third-order valence-electron chi connectivity index (χ3n) is 3.65. The lowest BCUT2D eigenvalue weighted by atomic mass is 9.92. The Morgan fingerprint density at radius 1 is 1.12 bits per heavy atom. The molecule has 0 spiro atoms. The van der Waals surface area contributed by atoms with Gasteiger partial charge in [0.25, 0.3) is 0 Å². The van der Waals surface area contributed by atoms with Crippen LogP contribution in [-0.4, -0.2) is 29.1 Å². The lowest BCUT2D eigenvalue weighted by molar-refractivity contribution is -0.132. The number of nitrogen functional groups attached to an aromatic ring is 1. The quantitative estimate of drug-likeness (QED) is 0.370. The molecule has 6 nitrogen and oxygen atoms in total. The number of carbonyl (C=O) groups is 1. The van der Waals surface area contributed by atoms with Crippen molar-refractivity contribution in [2.45, 2.75) is 6.92 Å². The smallest absolute Gasteiger partial charge is 0.331 e. The van der Waals surface area contributed by atoms with Crippen molar-refractivity contribution in [3.63, 3.8) is 0 Å². The molecule has 0 aliphatic rings. The van der Waals surface area contributed by atoms with Crippen molar-refractivity contribution in [2.75, 3.05) is 7.11 Å². The predicted molar refractivity (Wildman–Crippen MR) is 98.7 cm³/mol. The summed E-state index contributed by atoms with van der Waals surface area (Å²) in [5.41, 5.74) is 7.42. The molecule has 132 valence electrons. The number of halogens is 1. The van der Waals surface area contributed by atoms with Crippen molar-refractivity contribution in [1.82, 2.24) is 0 Å². The predicted octanol–water partition coefficient (Wildman–Crippen LogP) is 3.01. The summed E-state index contributed by atoms with van der Waals surface area (Å²) in [7, 11) is 1.48. The van der Waals surface area contributed by atoms with Gasteiger partial charge in [0.1, 0.15) is 17.3 Å². The van der Waals surface area contributed by atoms with E-state index in [-0.39, 0.29) is 29.6 Å². The van der Waals surface area contributed by atoms with Gasteiger partial charge in [0, 0.05) is 28.3 Å². The molecule has 0 bridgehead atoms. The van der Waals surface area contributed by atoms with Gasteiger partial charge in [-0.15, -0.1) is 12.4 Å². The Bertz CT molecular complexity index is 829. The summed E-state index contributed by atoms with van der Waals surface area (Å²) in [5, 5.41) is 27.1. The molecule has 0 aliphatic heterocycles. The lowest BCUT2D eigenvalue weighted by Crippen LogP contribution is -2.10. The van der Waals surface area contributed by atoms with E-state index in [1.165, 1.54) is 20.1 Å². The molecule has 7 heteroatoms. The standard InChI is InChI=1S/C18H18N2O4.ClH/c1-10(18(22)23)16(11-3-5-12(6-4-11)17(19)20)14-8-7-13(24-2)9-15(14)21;/h3-9,21H,1-2H3,(H3,19,20)(H,22,23);1H/b16-10+;. The summed E-state index contributed by atoms with van der Waals surface area (Å²) < 4.78 is 5.06. The fourth-order valence-corrected chi connectivity index (χ4v) is 2.35. The lowest BCUT2D eigenvalue weighted by Gasteiger charge is -2.14. The molecule has 0 saturated carbocycles. The van der Waals surface area contributed by atoms with Crippen LogP contribution in [0.25, 0.3) is 5.57 Å². The Morgan fingerprint density at radius 2 is 1.68 bits per heavy atom. The van der Waals surface area contributed by atoms with E-state index in [0.717, 1.165) is 0 Å². The van der Waals surface area contributed by atoms with E-state index >= 15 is 0 Å². The first-order chi connectivity index (χ1) is 11.3. The fourth-order valence-electron chi connectivity index (χ4n) is 2.35. The number of carboxylic acids is 1. The highest BCUT2D eigenvalue weighted by Gasteiger charge is 2.17. The zero-order valence-electron chi connectivity index (χ0n) is 13.7. The number of carboxylic acid groups (broad SMARTS) is 1. The molecule has 0 aromatic heterocycles. The van der Waals surface area contributed by atoms with Gasteiger partial charge in [-0.2, -0.15) is 0 Å². The third kappa shape index (κ3) is 4.30. The van der Waals surface area contributed by atoms with Crippen molar-refractivity contribution in [2.24, 2.45) is 5.73 Å². The number of hydrogen-bond acceptors (Lipinski definition) is 4. The minimum Gasteiger partial charge on any atom is -0.507 e. The van der Waals surface area contributed by atoms with Gasteiger partial charge in [-0.1, -0.05) is 24.3 Å². The van der Waals surface area contributed by atoms with Crippen molar-refractivity contribution >= 4 is 29.8 Å². The van der Waals surface area contributed by atoms with Crippen LogP contribution in [-0.2, 0) is 4.79 Å². The highest BCUT2D eigenvalue weighted by atomic mass is 35.5. The van der Waals surface area contributed by atoms with Crippen molar-refractivity contribution in [1.29, 1.82) is 5.41 Å². The number of methoxy groups -OCH3 is 1. The zero-order chi connectivity index (χ0) is 17.9. The number of aliphatic carboxylic acids is 1. The van der Waals surface area contributed by atoms with Crippen LogP contribution in [0.2, 0.25) is 0 Å². The molecular formula is C18H19ClN2O4. The van der Waals surface area contributed by atoms with Crippen molar-refractivity contribution in [3.8, 4) is 11.5 Å². The maximum atomic E-state index is 11.5. The molecule has 2 rings (SSSR count). The van der Waals surface area contributed by atoms with E-state index < -0.39 is 5.97 Å². The Hall–Kier alpha value is -2.99. The number of hydrogen-bond donors (Lipinski definition) is 4. The number of aromatic hydroxyl groups is 1. The van der Waals surface area contributed by atoms with Crippen LogP contribution >= 0.6 is 12.4 Å². The molecule has 0 saturated heterocycles. The molecule has 0 aliphatic carbocycles. The Kier molecular flexibility index (Phi) is 6.59. The number of phenols is 1. The highest BCUT2D eigenvalue weighted by Crippen LogP contribution is 2.35. The van der Waals surface area contributed by atoms with Crippen LogP contribution in [0.4, 0.5) is 0 Å². The number of amidine groups is 1.